The summed E-state index contributed by atoms with van der Waals surface area (Å²) < 4.78 is 68.4. The number of unbranched alkanes of at least 4 members (excludes halogenated alkanes) is 46. The minimum atomic E-state index is -4.96. The molecule has 6 atom stereocenters. The van der Waals surface area contributed by atoms with Gasteiger partial charge in [-0.25, -0.2) is 9.13 Å². The molecular formula is C75H146O17P2. The fourth-order valence-electron chi connectivity index (χ4n) is 11.5. The molecule has 0 radical (unpaired) electrons. The summed E-state index contributed by atoms with van der Waals surface area (Å²) in [6.07, 6.45) is 56.9. The van der Waals surface area contributed by atoms with Gasteiger partial charge in [-0.3, -0.25) is 37.3 Å². The molecule has 0 bridgehead atoms. The van der Waals surface area contributed by atoms with E-state index in [-0.39, 0.29) is 25.7 Å². The highest BCUT2D eigenvalue weighted by Gasteiger charge is 2.30. The molecule has 558 valence electrons. The number of carbonyl (C=O) groups is 4. The Morgan fingerprint density at radius 2 is 0.511 bits per heavy atom. The molecule has 17 nitrogen and oxygen atoms in total. The fraction of sp³-hybridized carbons (Fsp3) is 0.947. The van der Waals surface area contributed by atoms with Gasteiger partial charge in [-0.2, -0.15) is 0 Å². The van der Waals surface area contributed by atoms with Crippen LogP contribution in [0, 0.1) is 5.92 Å². The van der Waals surface area contributed by atoms with Crippen LogP contribution in [0.4, 0.5) is 0 Å². The molecule has 3 N–H and O–H groups in total. The number of ether oxygens (including phenoxy) is 4. The first-order valence-electron chi connectivity index (χ1n) is 39.2. The largest absolute Gasteiger partial charge is 0.472 e. The van der Waals surface area contributed by atoms with Crippen molar-refractivity contribution in [1.82, 2.24) is 0 Å². The molecule has 0 amide bonds. The number of phosphoric acid groups is 2. The second kappa shape index (κ2) is 68.2. The Morgan fingerprint density at radius 1 is 0.298 bits per heavy atom. The molecular weight excluding hydrogens is 1230 g/mol. The number of hydrogen-bond acceptors (Lipinski definition) is 15. The van der Waals surface area contributed by atoms with E-state index >= 15 is 0 Å². The van der Waals surface area contributed by atoms with Gasteiger partial charge in [0.25, 0.3) is 0 Å². The van der Waals surface area contributed by atoms with Gasteiger partial charge in [0.15, 0.2) is 12.2 Å². The second-order valence-corrected chi connectivity index (χ2v) is 30.2. The number of carbonyl (C=O) groups excluding carboxylic acids is 4. The van der Waals surface area contributed by atoms with Gasteiger partial charge >= 0.3 is 39.5 Å². The minimum absolute atomic E-state index is 0.105. The van der Waals surface area contributed by atoms with Crippen molar-refractivity contribution in [2.75, 3.05) is 39.6 Å². The molecule has 94 heavy (non-hydrogen) atoms. The molecule has 0 fully saturated rings. The molecule has 3 unspecified atom stereocenters. The summed E-state index contributed by atoms with van der Waals surface area (Å²) in [5.41, 5.74) is 0. The molecule has 0 aromatic heterocycles. The molecule has 0 aliphatic carbocycles. The summed E-state index contributed by atoms with van der Waals surface area (Å²) in [5, 5.41) is 10.6. The molecule has 0 heterocycles. The van der Waals surface area contributed by atoms with Gasteiger partial charge in [-0.15, -0.1) is 0 Å². The zero-order valence-electron chi connectivity index (χ0n) is 61.1. The van der Waals surface area contributed by atoms with Crippen molar-refractivity contribution < 1.29 is 80.2 Å². The third-order valence-electron chi connectivity index (χ3n) is 17.9. The average Bonchev–Trinajstić information content (AvgIpc) is 1.43. The SMILES string of the molecule is CCCCCCCCCCCCCCCCCCCCCCC(=O)O[C@H](COC(=O)CCCCCCCCCCCCCCCC)COP(=O)(O)OC[C@@H](O)COP(=O)(O)OC[C@@H](COC(=O)CCCCCCCCCC)OC(=O)CCCCCCCCCCC(C)CC. The van der Waals surface area contributed by atoms with Crippen molar-refractivity contribution in [1.29, 1.82) is 0 Å². The Labute approximate surface area is 575 Å². The van der Waals surface area contributed by atoms with Crippen LogP contribution in [0.1, 0.15) is 394 Å². The standard InChI is InChI=1S/C75H146O17P2/c1-6-10-13-16-19-22-24-26-28-29-30-31-32-33-35-37-39-45-50-55-60-74(79)91-71(65-86-73(78)59-54-49-44-38-36-34-27-25-23-20-17-14-11-7-2)67-90-94(83,84)88-63-69(76)62-87-93(81,82)89-66-70(64-85-72(77)58-53-48-43-21-18-15-12-8-3)92-75(80)61-56-51-46-41-40-42-47-52-57-68(5)9-4/h68-71,76H,6-67H2,1-5H3,(H,81,82)(H,83,84)/t68?,69-,70+,71+/m0/s1. The Kier molecular flexibility index (Phi) is 66.8. The lowest BCUT2D eigenvalue weighted by Gasteiger charge is -2.21. The van der Waals surface area contributed by atoms with E-state index in [4.69, 9.17) is 37.0 Å². The third kappa shape index (κ3) is 67.3. The first-order chi connectivity index (χ1) is 45.6. The lowest BCUT2D eigenvalue weighted by Crippen LogP contribution is -2.30. The number of rotatable bonds is 75. The van der Waals surface area contributed by atoms with E-state index in [1.165, 1.54) is 212 Å². The zero-order chi connectivity index (χ0) is 69.1. The van der Waals surface area contributed by atoms with Crippen LogP contribution in [0.3, 0.4) is 0 Å². The molecule has 0 saturated heterocycles. The maximum absolute atomic E-state index is 13.1. The number of phosphoric ester groups is 2. The van der Waals surface area contributed by atoms with Crippen LogP contribution in [0.25, 0.3) is 0 Å². The van der Waals surface area contributed by atoms with Gasteiger partial charge in [-0.1, -0.05) is 343 Å². The fourth-order valence-corrected chi connectivity index (χ4v) is 13.1. The third-order valence-corrected chi connectivity index (χ3v) is 19.8. The molecule has 0 saturated carbocycles. The Hall–Kier alpha value is -1.94. The lowest BCUT2D eigenvalue weighted by atomic mass is 9.99. The second-order valence-electron chi connectivity index (χ2n) is 27.3. The van der Waals surface area contributed by atoms with Crippen molar-refractivity contribution in [2.24, 2.45) is 5.92 Å². The summed E-state index contributed by atoms with van der Waals surface area (Å²) in [5.74, 6) is -1.35. The molecule has 0 aliphatic rings. The Bertz CT molecular complexity index is 1810. The van der Waals surface area contributed by atoms with E-state index in [0.29, 0.717) is 25.7 Å². The summed E-state index contributed by atoms with van der Waals surface area (Å²) in [7, 11) is -9.90. The molecule has 19 heteroatoms. The highest BCUT2D eigenvalue weighted by atomic mass is 31.2. The van der Waals surface area contributed by atoms with Crippen LogP contribution in [0.5, 0.6) is 0 Å². The van der Waals surface area contributed by atoms with E-state index in [1.54, 1.807) is 0 Å². The number of esters is 4. The van der Waals surface area contributed by atoms with E-state index in [0.717, 1.165) is 102 Å². The van der Waals surface area contributed by atoms with E-state index < -0.39 is 97.5 Å². The van der Waals surface area contributed by atoms with E-state index in [9.17, 15) is 43.2 Å². The van der Waals surface area contributed by atoms with Gasteiger partial charge in [0.1, 0.15) is 19.3 Å². The van der Waals surface area contributed by atoms with Crippen molar-refractivity contribution in [2.45, 2.75) is 412 Å². The van der Waals surface area contributed by atoms with Crippen LogP contribution in [-0.4, -0.2) is 96.7 Å². The topological polar surface area (TPSA) is 237 Å². The number of aliphatic hydroxyl groups excluding tert-OH is 1. The first-order valence-corrected chi connectivity index (χ1v) is 42.2. The molecule has 0 aromatic carbocycles. The number of aliphatic hydroxyl groups is 1. The normalized spacial score (nSPS) is 14.3. The van der Waals surface area contributed by atoms with E-state index in [1.807, 2.05) is 0 Å². The predicted molar refractivity (Wildman–Crippen MR) is 382 cm³/mol. The molecule has 0 aliphatic heterocycles. The quantitative estimate of drug-likeness (QED) is 0.0222. The summed E-state index contributed by atoms with van der Waals surface area (Å²) >= 11 is 0. The molecule has 0 rings (SSSR count). The van der Waals surface area contributed by atoms with Crippen molar-refractivity contribution in [3.63, 3.8) is 0 Å². The Balaban J connectivity index is 5.19. The smallest absolute Gasteiger partial charge is 0.462 e. The van der Waals surface area contributed by atoms with Gasteiger partial charge in [-0.05, 0) is 31.6 Å². The summed E-state index contributed by atoms with van der Waals surface area (Å²) in [4.78, 5) is 72.7. The van der Waals surface area contributed by atoms with E-state index in [2.05, 4.69) is 34.6 Å². The highest BCUT2D eigenvalue weighted by Crippen LogP contribution is 2.45. The van der Waals surface area contributed by atoms with Crippen LogP contribution in [0.2, 0.25) is 0 Å². The minimum Gasteiger partial charge on any atom is -0.462 e. The van der Waals surface area contributed by atoms with Crippen LogP contribution in [-0.2, 0) is 65.4 Å². The summed E-state index contributed by atoms with van der Waals surface area (Å²) in [6, 6.07) is 0. The first kappa shape index (κ1) is 92.1. The predicted octanol–water partition coefficient (Wildman–Crippen LogP) is 22.1. The van der Waals surface area contributed by atoms with Crippen molar-refractivity contribution in [3.8, 4) is 0 Å². The maximum Gasteiger partial charge on any atom is 0.472 e. The van der Waals surface area contributed by atoms with Crippen LogP contribution in [0.15, 0.2) is 0 Å². The van der Waals surface area contributed by atoms with Crippen LogP contribution < -0.4 is 0 Å². The average molecular weight is 1380 g/mol. The van der Waals surface area contributed by atoms with Gasteiger partial charge in [0.05, 0.1) is 26.4 Å². The molecule has 0 aromatic rings. The van der Waals surface area contributed by atoms with Gasteiger partial charge in [0, 0.05) is 25.7 Å². The monoisotopic (exact) mass is 1380 g/mol. The van der Waals surface area contributed by atoms with Crippen molar-refractivity contribution >= 4 is 39.5 Å². The zero-order valence-corrected chi connectivity index (χ0v) is 62.9. The van der Waals surface area contributed by atoms with Crippen LogP contribution >= 0.6 is 15.6 Å². The summed E-state index contributed by atoms with van der Waals surface area (Å²) in [6.45, 7) is 7.25. The highest BCUT2D eigenvalue weighted by molar-refractivity contribution is 7.47. The van der Waals surface area contributed by atoms with Gasteiger partial charge < -0.3 is 33.8 Å². The van der Waals surface area contributed by atoms with Gasteiger partial charge in [0.2, 0.25) is 0 Å². The Morgan fingerprint density at radius 3 is 0.755 bits per heavy atom. The number of hydrogen-bond donors (Lipinski definition) is 3. The molecule has 0 spiro atoms. The lowest BCUT2D eigenvalue weighted by molar-refractivity contribution is -0.161. The maximum atomic E-state index is 13.1. The van der Waals surface area contributed by atoms with Crippen molar-refractivity contribution in [3.05, 3.63) is 0 Å².